The number of aromatic nitrogens is 2. The van der Waals surface area contributed by atoms with Gasteiger partial charge in [0.15, 0.2) is 0 Å². The van der Waals surface area contributed by atoms with Gasteiger partial charge in [0.2, 0.25) is 0 Å². The highest BCUT2D eigenvalue weighted by Crippen LogP contribution is 2.39. The number of hydrogen-bond acceptors (Lipinski definition) is 3. The minimum Gasteiger partial charge on any atom is -0.456 e. The second kappa shape index (κ2) is 11.7. The fourth-order valence-electron chi connectivity index (χ4n) is 7.81. The molecule has 0 saturated carbocycles. The Balaban J connectivity index is 1.08. The molecule has 0 unspecified atom stereocenters. The van der Waals surface area contributed by atoms with Crippen molar-refractivity contribution in [2.45, 2.75) is 0 Å². The third-order valence-corrected chi connectivity index (χ3v) is 10.4. The molecule has 248 valence electrons. The molecule has 0 fully saturated rings. The molecule has 0 atom stereocenters. The van der Waals surface area contributed by atoms with Crippen LogP contribution >= 0.6 is 0 Å². The first-order chi connectivity index (χ1) is 26.2. The van der Waals surface area contributed by atoms with Crippen molar-refractivity contribution >= 4 is 54.9 Å². The molecule has 0 radical (unpaired) electrons. The standard InChI is InChI=1S/C49H30N2O2/c1-2-10-32(11-3-1)49-50-43-14-6-7-15-44(43)51(49)38-22-18-31(19-23-38)35-26-36(33-20-24-47-41(29-33)39-12-4-8-16-45(39)52-47)28-37(27-35)34-21-25-48-42(30-34)40-13-5-9-17-46(40)53-48/h1-30H. The average molecular weight is 679 g/mol. The van der Waals surface area contributed by atoms with Crippen LogP contribution in [0, 0.1) is 0 Å². The van der Waals surface area contributed by atoms with E-state index in [0.29, 0.717) is 0 Å². The zero-order valence-corrected chi connectivity index (χ0v) is 28.5. The molecule has 0 aliphatic heterocycles. The molecule has 3 heterocycles. The van der Waals surface area contributed by atoms with Crippen molar-refractivity contribution < 1.29 is 8.83 Å². The van der Waals surface area contributed by atoms with Gasteiger partial charge < -0.3 is 8.83 Å². The van der Waals surface area contributed by atoms with Crippen LogP contribution in [0.4, 0.5) is 0 Å². The van der Waals surface area contributed by atoms with Gasteiger partial charge in [-0.05, 0) is 112 Å². The van der Waals surface area contributed by atoms with Crippen LogP contribution in [-0.2, 0) is 0 Å². The summed E-state index contributed by atoms with van der Waals surface area (Å²) < 4.78 is 14.6. The fraction of sp³-hybridized carbons (Fsp3) is 0. The summed E-state index contributed by atoms with van der Waals surface area (Å²) in [5.41, 5.74) is 14.6. The third kappa shape index (κ3) is 4.88. The van der Waals surface area contributed by atoms with Gasteiger partial charge in [-0.2, -0.15) is 0 Å². The molecule has 53 heavy (non-hydrogen) atoms. The van der Waals surface area contributed by atoms with Crippen LogP contribution in [0.2, 0.25) is 0 Å². The maximum atomic E-state index is 6.19. The highest BCUT2D eigenvalue weighted by atomic mass is 16.3. The Hall–Kier alpha value is -7.17. The highest BCUT2D eigenvalue weighted by molar-refractivity contribution is 6.07. The molecule has 0 spiro atoms. The van der Waals surface area contributed by atoms with Crippen LogP contribution in [0.25, 0.3) is 105 Å². The van der Waals surface area contributed by atoms with Crippen LogP contribution in [0.3, 0.4) is 0 Å². The summed E-state index contributed by atoms with van der Waals surface area (Å²) in [7, 11) is 0. The van der Waals surface area contributed by atoms with Crippen molar-refractivity contribution in [2.75, 3.05) is 0 Å². The predicted molar refractivity (Wildman–Crippen MR) is 217 cm³/mol. The summed E-state index contributed by atoms with van der Waals surface area (Å²) >= 11 is 0. The number of fused-ring (bicyclic) bond motifs is 7. The van der Waals surface area contributed by atoms with Crippen molar-refractivity contribution in [3.8, 4) is 50.5 Å². The van der Waals surface area contributed by atoms with E-state index in [2.05, 4.69) is 150 Å². The Morgan fingerprint density at radius 3 is 1.45 bits per heavy atom. The quantitative estimate of drug-likeness (QED) is 0.182. The Bertz CT molecular complexity index is 3030. The number of nitrogens with zero attached hydrogens (tertiary/aromatic N) is 2. The van der Waals surface area contributed by atoms with Crippen LogP contribution in [0.5, 0.6) is 0 Å². The second-order valence-electron chi connectivity index (χ2n) is 13.6. The van der Waals surface area contributed by atoms with Gasteiger partial charge in [-0.25, -0.2) is 4.98 Å². The molecule has 8 aromatic carbocycles. The van der Waals surface area contributed by atoms with E-state index in [1.807, 2.05) is 36.4 Å². The molecule has 4 nitrogen and oxygen atoms in total. The molecule has 0 saturated heterocycles. The van der Waals surface area contributed by atoms with Crippen molar-refractivity contribution in [3.63, 3.8) is 0 Å². The van der Waals surface area contributed by atoms with Crippen LogP contribution in [0.15, 0.2) is 191 Å². The molecule has 0 bridgehead atoms. The molecule has 11 rings (SSSR count). The monoisotopic (exact) mass is 678 g/mol. The lowest BCUT2D eigenvalue weighted by Crippen LogP contribution is -1.97. The summed E-state index contributed by atoms with van der Waals surface area (Å²) in [5, 5.41) is 4.47. The summed E-state index contributed by atoms with van der Waals surface area (Å²) in [5.74, 6) is 0.924. The largest absolute Gasteiger partial charge is 0.456 e. The zero-order chi connectivity index (χ0) is 34.9. The van der Waals surface area contributed by atoms with E-state index in [9.17, 15) is 0 Å². The maximum absolute atomic E-state index is 6.19. The van der Waals surface area contributed by atoms with E-state index >= 15 is 0 Å². The lowest BCUT2D eigenvalue weighted by atomic mass is 9.92. The van der Waals surface area contributed by atoms with E-state index in [4.69, 9.17) is 13.8 Å². The number of imidazole rings is 1. The highest BCUT2D eigenvalue weighted by Gasteiger charge is 2.16. The van der Waals surface area contributed by atoms with Gasteiger partial charge in [-0.1, -0.05) is 103 Å². The second-order valence-corrected chi connectivity index (χ2v) is 13.6. The summed E-state index contributed by atoms with van der Waals surface area (Å²) in [6.07, 6.45) is 0. The zero-order valence-electron chi connectivity index (χ0n) is 28.5. The number of para-hydroxylation sites is 4. The van der Waals surface area contributed by atoms with Crippen molar-refractivity contribution in [1.29, 1.82) is 0 Å². The summed E-state index contributed by atoms with van der Waals surface area (Å²) in [4.78, 5) is 5.05. The molecule has 0 N–H and O–H groups in total. The molecule has 11 aromatic rings. The molecule has 0 amide bonds. The van der Waals surface area contributed by atoms with Gasteiger partial charge in [0.05, 0.1) is 11.0 Å². The number of rotatable bonds is 5. The minimum absolute atomic E-state index is 0.890. The van der Waals surface area contributed by atoms with Gasteiger partial charge >= 0.3 is 0 Å². The Labute approximate surface area is 304 Å². The molecule has 3 aromatic heterocycles. The number of furan rings is 2. The van der Waals surface area contributed by atoms with E-state index in [-0.39, 0.29) is 0 Å². The van der Waals surface area contributed by atoms with Crippen LogP contribution in [0.1, 0.15) is 0 Å². The molecule has 0 aliphatic rings. The lowest BCUT2D eigenvalue weighted by molar-refractivity contribution is 0.668. The lowest BCUT2D eigenvalue weighted by Gasteiger charge is -2.13. The maximum Gasteiger partial charge on any atom is 0.145 e. The first-order valence-corrected chi connectivity index (χ1v) is 17.9. The van der Waals surface area contributed by atoms with Gasteiger partial charge in [0, 0.05) is 32.8 Å². The van der Waals surface area contributed by atoms with E-state index in [0.717, 1.165) is 105 Å². The van der Waals surface area contributed by atoms with Crippen molar-refractivity contribution in [2.24, 2.45) is 0 Å². The SMILES string of the molecule is c1ccc(-c2nc3ccccc3n2-c2ccc(-c3cc(-c4ccc5oc6ccccc6c5c4)cc(-c4ccc5oc6ccccc6c5c4)c3)cc2)cc1. The Morgan fingerprint density at radius 2 is 0.830 bits per heavy atom. The normalized spacial score (nSPS) is 11.8. The predicted octanol–water partition coefficient (Wildman–Crippen LogP) is 13.5. The number of benzene rings is 8. The Kier molecular flexibility index (Phi) is 6.52. The minimum atomic E-state index is 0.890. The molecular weight excluding hydrogens is 649 g/mol. The van der Waals surface area contributed by atoms with E-state index in [1.165, 1.54) is 0 Å². The van der Waals surface area contributed by atoms with Gasteiger partial charge in [0.25, 0.3) is 0 Å². The van der Waals surface area contributed by atoms with Crippen LogP contribution in [-0.4, -0.2) is 9.55 Å². The van der Waals surface area contributed by atoms with Gasteiger partial charge in [0.1, 0.15) is 28.2 Å². The summed E-state index contributed by atoms with van der Waals surface area (Å²) in [6, 6.07) is 64.0. The fourth-order valence-corrected chi connectivity index (χ4v) is 7.81. The first kappa shape index (κ1) is 29.5. The average Bonchev–Trinajstić information content (AvgIpc) is 3.92. The Morgan fingerprint density at radius 1 is 0.340 bits per heavy atom. The van der Waals surface area contributed by atoms with E-state index in [1.54, 1.807) is 0 Å². The number of hydrogen-bond donors (Lipinski definition) is 0. The third-order valence-electron chi connectivity index (χ3n) is 10.4. The van der Waals surface area contributed by atoms with Gasteiger partial charge in [-0.3, -0.25) is 4.57 Å². The first-order valence-electron chi connectivity index (χ1n) is 17.9. The smallest absolute Gasteiger partial charge is 0.145 e. The molecular formula is C49H30N2O2. The summed E-state index contributed by atoms with van der Waals surface area (Å²) in [6.45, 7) is 0. The van der Waals surface area contributed by atoms with Crippen LogP contribution < -0.4 is 0 Å². The van der Waals surface area contributed by atoms with Crippen molar-refractivity contribution in [3.05, 3.63) is 182 Å². The molecule has 0 aliphatic carbocycles. The van der Waals surface area contributed by atoms with E-state index < -0.39 is 0 Å². The molecule has 4 heteroatoms. The topological polar surface area (TPSA) is 44.1 Å². The van der Waals surface area contributed by atoms with Crippen molar-refractivity contribution in [1.82, 2.24) is 9.55 Å². The van der Waals surface area contributed by atoms with Gasteiger partial charge in [-0.15, -0.1) is 0 Å².